The third-order valence-corrected chi connectivity index (χ3v) is 3.15. The molecule has 2 atom stereocenters. The molecule has 1 rings (SSSR count). The van der Waals surface area contributed by atoms with E-state index in [0.29, 0.717) is 13.0 Å². The minimum absolute atomic E-state index is 0.173. The van der Waals surface area contributed by atoms with E-state index >= 15 is 0 Å². The molecule has 7 heteroatoms. The molecule has 0 radical (unpaired) electrons. The molecular weight excluding hydrogens is 274 g/mol. The van der Waals surface area contributed by atoms with Gasteiger partial charge in [-0.3, -0.25) is 9.59 Å². The zero-order valence-corrected chi connectivity index (χ0v) is 13.1. The van der Waals surface area contributed by atoms with E-state index < -0.39 is 29.6 Å². The molecule has 0 aromatic heterocycles. The lowest BCUT2D eigenvalue weighted by Crippen LogP contribution is -2.52. The van der Waals surface area contributed by atoms with Crippen LogP contribution in [0.2, 0.25) is 0 Å². The number of amides is 2. The number of carbonyl (C=O) groups is 3. The number of esters is 1. The molecule has 0 saturated carbocycles. The number of hydrogen-bond acceptors (Lipinski definition) is 5. The zero-order chi connectivity index (χ0) is 16.2. The fourth-order valence-electron chi connectivity index (χ4n) is 2.26. The SMILES string of the molecule is C[C@H](NC(=O)CN)C(=O)N1CCC[C@H]1C(=O)OC(C)(C)C. The molecule has 3 N–H and O–H groups in total. The molecule has 7 nitrogen and oxygen atoms in total. The number of nitrogens with two attached hydrogens (primary N) is 1. The maximum absolute atomic E-state index is 12.3. The molecule has 0 bridgehead atoms. The fraction of sp³-hybridized carbons (Fsp3) is 0.786. The van der Waals surface area contributed by atoms with Gasteiger partial charge in [0.15, 0.2) is 0 Å². The van der Waals surface area contributed by atoms with Crippen molar-refractivity contribution in [1.29, 1.82) is 0 Å². The van der Waals surface area contributed by atoms with Crippen molar-refractivity contribution in [3.05, 3.63) is 0 Å². The summed E-state index contributed by atoms with van der Waals surface area (Å²) in [5.74, 6) is -1.08. The Labute approximate surface area is 125 Å². The molecule has 1 aliphatic rings. The molecule has 1 heterocycles. The molecule has 0 unspecified atom stereocenters. The van der Waals surface area contributed by atoms with Gasteiger partial charge in [0.05, 0.1) is 6.54 Å². The van der Waals surface area contributed by atoms with Gasteiger partial charge in [-0.25, -0.2) is 4.79 Å². The summed E-state index contributed by atoms with van der Waals surface area (Å²) in [7, 11) is 0. The molecule has 0 aromatic carbocycles. The lowest BCUT2D eigenvalue weighted by Gasteiger charge is -2.29. The Kier molecular flexibility index (Phi) is 5.71. The molecule has 1 fully saturated rings. The van der Waals surface area contributed by atoms with E-state index in [0.717, 1.165) is 6.42 Å². The van der Waals surface area contributed by atoms with E-state index in [-0.39, 0.29) is 12.5 Å². The molecular formula is C14H25N3O4. The first kappa shape index (κ1) is 17.4. The second kappa shape index (κ2) is 6.89. The molecule has 0 aliphatic carbocycles. The molecule has 2 amide bonds. The van der Waals surface area contributed by atoms with Crippen LogP contribution in [-0.4, -0.2) is 53.5 Å². The first-order valence-electron chi connectivity index (χ1n) is 7.18. The third kappa shape index (κ3) is 5.00. The molecule has 0 spiro atoms. The second-order valence-corrected chi connectivity index (χ2v) is 6.22. The lowest BCUT2D eigenvalue weighted by molar-refractivity contribution is -0.163. The first-order chi connectivity index (χ1) is 9.65. The maximum Gasteiger partial charge on any atom is 0.329 e. The number of rotatable bonds is 4. The van der Waals surface area contributed by atoms with Crippen LogP contribution >= 0.6 is 0 Å². The van der Waals surface area contributed by atoms with Crippen LogP contribution < -0.4 is 11.1 Å². The summed E-state index contributed by atoms with van der Waals surface area (Å²) >= 11 is 0. The van der Waals surface area contributed by atoms with Crippen LogP contribution in [0.4, 0.5) is 0 Å². The Morgan fingerprint density at radius 2 is 2.00 bits per heavy atom. The maximum atomic E-state index is 12.3. The highest BCUT2D eigenvalue weighted by atomic mass is 16.6. The van der Waals surface area contributed by atoms with E-state index in [1.165, 1.54) is 4.90 Å². The van der Waals surface area contributed by atoms with Gasteiger partial charge in [-0.2, -0.15) is 0 Å². The minimum Gasteiger partial charge on any atom is -0.458 e. The van der Waals surface area contributed by atoms with Gasteiger partial charge < -0.3 is 20.7 Å². The third-order valence-electron chi connectivity index (χ3n) is 3.15. The zero-order valence-electron chi connectivity index (χ0n) is 13.1. The van der Waals surface area contributed by atoms with Crippen LogP contribution in [0, 0.1) is 0 Å². The van der Waals surface area contributed by atoms with Crippen LogP contribution in [0.5, 0.6) is 0 Å². The summed E-state index contributed by atoms with van der Waals surface area (Å²) in [5.41, 5.74) is 4.62. The van der Waals surface area contributed by atoms with Gasteiger partial charge in [0.1, 0.15) is 17.7 Å². The van der Waals surface area contributed by atoms with Crippen LogP contribution in [0.25, 0.3) is 0 Å². The van der Waals surface area contributed by atoms with Gasteiger partial charge in [-0.15, -0.1) is 0 Å². The number of likely N-dealkylation sites (tertiary alicyclic amines) is 1. The number of carbonyl (C=O) groups excluding carboxylic acids is 3. The molecule has 21 heavy (non-hydrogen) atoms. The van der Waals surface area contributed by atoms with Crippen molar-refractivity contribution in [2.45, 2.75) is 58.2 Å². The summed E-state index contributed by atoms with van der Waals surface area (Å²) in [6.45, 7) is 7.27. The molecule has 0 aromatic rings. The van der Waals surface area contributed by atoms with Crippen LogP contribution in [-0.2, 0) is 19.1 Å². The number of nitrogens with one attached hydrogen (secondary N) is 1. The van der Waals surface area contributed by atoms with Crippen molar-refractivity contribution in [2.75, 3.05) is 13.1 Å². The largest absolute Gasteiger partial charge is 0.458 e. The number of nitrogens with zero attached hydrogens (tertiary/aromatic N) is 1. The molecule has 1 aliphatic heterocycles. The first-order valence-corrected chi connectivity index (χ1v) is 7.18. The monoisotopic (exact) mass is 299 g/mol. The Balaban J connectivity index is 2.70. The topological polar surface area (TPSA) is 102 Å². The highest BCUT2D eigenvalue weighted by Crippen LogP contribution is 2.21. The van der Waals surface area contributed by atoms with E-state index in [2.05, 4.69) is 5.32 Å². The van der Waals surface area contributed by atoms with Gasteiger partial charge in [-0.05, 0) is 40.5 Å². The van der Waals surface area contributed by atoms with Crippen molar-refractivity contribution < 1.29 is 19.1 Å². The van der Waals surface area contributed by atoms with Crippen molar-refractivity contribution >= 4 is 17.8 Å². The van der Waals surface area contributed by atoms with Gasteiger partial charge in [-0.1, -0.05) is 0 Å². The van der Waals surface area contributed by atoms with Gasteiger partial charge in [0, 0.05) is 6.54 Å². The Morgan fingerprint density at radius 3 is 2.52 bits per heavy atom. The Morgan fingerprint density at radius 1 is 1.38 bits per heavy atom. The van der Waals surface area contributed by atoms with E-state index in [1.807, 2.05) is 0 Å². The van der Waals surface area contributed by atoms with Gasteiger partial charge in [0.2, 0.25) is 11.8 Å². The van der Waals surface area contributed by atoms with E-state index in [4.69, 9.17) is 10.5 Å². The Hall–Kier alpha value is -1.63. The second-order valence-electron chi connectivity index (χ2n) is 6.22. The highest BCUT2D eigenvalue weighted by molar-refractivity contribution is 5.91. The number of hydrogen-bond donors (Lipinski definition) is 2. The van der Waals surface area contributed by atoms with Crippen molar-refractivity contribution in [3.8, 4) is 0 Å². The average molecular weight is 299 g/mol. The van der Waals surface area contributed by atoms with Crippen LogP contribution in [0.15, 0.2) is 0 Å². The predicted octanol–water partition coefficient (Wildman–Crippen LogP) is -0.217. The average Bonchev–Trinajstić information content (AvgIpc) is 2.84. The molecule has 1 saturated heterocycles. The minimum atomic E-state index is -0.705. The standard InChI is InChI=1S/C14H25N3O4/c1-9(16-11(18)8-15)12(19)17-7-5-6-10(17)13(20)21-14(2,3)4/h9-10H,5-8,15H2,1-4H3,(H,16,18)/t9-,10-/m0/s1. The fourth-order valence-corrected chi connectivity index (χ4v) is 2.26. The summed E-state index contributed by atoms with van der Waals surface area (Å²) < 4.78 is 5.34. The normalized spacial score (nSPS) is 20.0. The quantitative estimate of drug-likeness (QED) is 0.699. The predicted molar refractivity (Wildman–Crippen MR) is 77.2 cm³/mol. The summed E-state index contributed by atoms with van der Waals surface area (Å²) in [6, 6.07) is -1.28. The molecule has 120 valence electrons. The van der Waals surface area contributed by atoms with Crippen molar-refractivity contribution in [1.82, 2.24) is 10.2 Å². The van der Waals surface area contributed by atoms with E-state index in [9.17, 15) is 14.4 Å². The van der Waals surface area contributed by atoms with Gasteiger partial charge >= 0.3 is 5.97 Å². The van der Waals surface area contributed by atoms with Crippen LogP contribution in [0.1, 0.15) is 40.5 Å². The lowest BCUT2D eigenvalue weighted by atomic mass is 10.1. The van der Waals surface area contributed by atoms with Crippen molar-refractivity contribution in [3.63, 3.8) is 0 Å². The smallest absolute Gasteiger partial charge is 0.329 e. The Bertz CT molecular complexity index is 417. The summed E-state index contributed by atoms with van der Waals surface area (Å²) in [4.78, 5) is 37.2. The summed E-state index contributed by atoms with van der Waals surface area (Å²) in [6.07, 6.45) is 1.32. The summed E-state index contributed by atoms with van der Waals surface area (Å²) in [5, 5.41) is 2.51. The highest BCUT2D eigenvalue weighted by Gasteiger charge is 2.38. The number of ether oxygens (including phenoxy) is 1. The van der Waals surface area contributed by atoms with E-state index in [1.54, 1.807) is 27.7 Å². The van der Waals surface area contributed by atoms with Gasteiger partial charge in [0.25, 0.3) is 0 Å². The van der Waals surface area contributed by atoms with Crippen LogP contribution in [0.3, 0.4) is 0 Å². The van der Waals surface area contributed by atoms with Crippen molar-refractivity contribution in [2.24, 2.45) is 5.73 Å².